The van der Waals surface area contributed by atoms with Gasteiger partial charge < -0.3 is 15.4 Å². The summed E-state index contributed by atoms with van der Waals surface area (Å²) in [6.07, 6.45) is 0.381. The van der Waals surface area contributed by atoms with Gasteiger partial charge in [-0.1, -0.05) is 17.7 Å². The summed E-state index contributed by atoms with van der Waals surface area (Å²) in [6, 6.07) is 5.37. The molecule has 1 amide bonds. The second-order valence-electron chi connectivity index (χ2n) is 5.10. The lowest BCUT2D eigenvalue weighted by Crippen LogP contribution is -2.37. The van der Waals surface area contributed by atoms with Crippen LogP contribution >= 0.6 is 11.6 Å². The Morgan fingerprint density at radius 2 is 2.16 bits per heavy atom. The summed E-state index contributed by atoms with van der Waals surface area (Å²) >= 11 is 6.15. The van der Waals surface area contributed by atoms with Crippen molar-refractivity contribution in [3.8, 4) is 5.75 Å². The number of ether oxygens (including phenoxy) is 1. The number of nitrogens with zero attached hydrogens (tertiary/aromatic N) is 1. The topological polar surface area (TPSA) is 55.6 Å². The Hall–Kier alpha value is -1.26. The first kappa shape index (κ1) is 14.2. The number of methoxy groups -OCH3 is 1. The smallest absolute Gasteiger partial charge is 0.225 e. The average molecular weight is 283 g/mol. The molecular formula is C14H19ClN2O2. The molecule has 1 aliphatic heterocycles. The van der Waals surface area contributed by atoms with Gasteiger partial charge in [0.2, 0.25) is 5.91 Å². The van der Waals surface area contributed by atoms with Crippen molar-refractivity contribution in [2.24, 2.45) is 5.73 Å². The van der Waals surface area contributed by atoms with Gasteiger partial charge in [0.05, 0.1) is 18.2 Å². The highest BCUT2D eigenvalue weighted by molar-refractivity contribution is 6.32. The number of rotatable bonds is 3. The van der Waals surface area contributed by atoms with E-state index in [1.807, 2.05) is 36.9 Å². The van der Waals surface area contributed by atoms with Crippen molar-refractivity contribution in [1.29, 1.82) is 0 Å². The fourth-order valence-corrected chi connectivity index (χ4v) is 2.93. The Morgan fingerprint density at radius 1 is 1.47 bits per heavy atom. The zero-order chi connectivity index (χ0) is 14.2. The highest BCUT2D eigenvalue weighted by Crippen LogP contribution is 2.36. The van der Waals surface area contributed by atoms with Crippen LogP contribution in [0.1, 0.15) is 31.9 Å². The van der Waals surface area contributed by atoms with Crippen molar-refractivity contribution in [3.05, 3.63) is 28.8 Å². The van der Waals surface area contributed by atoms with Gasteiger partial charge in [-0.25, -0.2) is 0 Å². The average Bonchev–Trinajstić information content (AvgIpc) is 2.64. The molecule has 2 atom stereocenters. The third kappa shape index (κ3) is 2.55. The molecule has 0 spiro atoms. The molecule has 1 aromatic rings. The maximum atomic E-state index is 12.0. The lowest BCUT2D eigenvalue weighted by molar-refractivity contribution is -0.130. The molecule has 4 nitrogen and oxygen atoms in total. The minimum atomic E-state index is -0.195. The van der Waals surface area contributed by atoms with E-state index in [-0.39, 0.29) is 24.0 Å². The highest BCUT2D eigenvalue weighted by Gasteiger charge is 2.40. The summed E-state index contributed by atoms with van der Waals surface area (Å²) in [5, 5.41) is 0.537. The van der Waals surface area contributed by atoms with Crippen LogP contribution in [0, 0.1) is 0 Å². The standard InChI is InChI=1S/C14H19ClN2O2/c1-8(2)17-13(18)7-11(16)14(17)9-4-5-12(19-3)10(15)6-9/h4-6,8,11,14H,7,16H2,1-3H3. The van der Waals surface area contributed by atoms with Crippen LogP contribution in [-0.2, 0) is 4.79 Å². The van der Waals surface area contributed by atoms with Crippen molar-refractivity contribution in [2.75, 3.05) is 7.11 Å². The van der Waals surface area contributed by atoms with E-state index in [0.717, 1.165) is 5.56 Å². The second-order valence-corrected chi connectivity index (χ2v) is 5.51. The minimum absolute atomic E-state index is 0.0967. The van der Waals surface area contributed by atoms with Gasteiger partial charge in [0.1, 0.15) is 5.75 Å². The van der Waals surface area contributed by atoms with E-state index in [1.165, 1.54) is 0 Å². The summed E-state index contributed by atoms with van der Waals surface area (Å²) in [5.41, 5.74) is 7.07. The van der Waals surface area contributed by atoms with E-state index >= 15 is 0 Å². The Labute approximate surface area is 118 Å². The number of carbonyl (C=O) groups is 1. The first-order valence-corrected chi connectivity index (χ1v) is 6.73. The highest BCUT2D eigenvalue weighted by atomic mass is 35.5. The SMILES string of the molecule is COc1ccc(C2C(N)CC(=O)N2C(C)C)cc1Cl. The van der Waals surface area contributed by atoms with Gasteiger partial charge in [-0.2, -0.15) is 0 Å². The molecule has 0 saturated carbocycles. The van der Waals surface area contributed by atoms with Gasteiger partial charge in [0.25, 0.3) is 0 Å². The van der Waals surface area contributed by atoms with E-state index in [1.54, 1.807) is 7.11 Å². The fraction of sp³-hybridized carbons (Fsp3) is 0.500. The summed E-state index contributed by atoms with van der Waals surface area (Å²) < 4.78 is 5.14. The summed E-state index contributed by atoms with van der Waals surface area (Å²) in [5.74, 6) is 0.721. The lowest BCUT2D eigenvalue weighted by Gasteiger charge is -2.31. The van der Waals surface area contributed by atoms with E-state index in [2.05, 4.69) is 0 Å². The van der Waals surface area contributed by atoms with Crippen LogP contribution in [0.4, 0.5) is 0 Å². The monoisotopic (exact) mass is 282 g/mol. The van der Waals surface area contributed by atoms with Gasteiger partial charge in [0, 0.05) is 18.5 Å². The zero-order valence-corrected chi connectivity index (χ0v) is 12.1. The van der Waals surface area contributed by atoms with Crippen molar-refractivity contribution in [2.45, 2.75) is 38.4 Å². The molecule has 0 aliphatic carbocycles. The van der Waals surface area contributed by atoms with Gasteiger partial charge in [0.15, 0.2) is 0 Å². The number of carbonyl (C=O) groups excluding carboxylic acids is 1. The van der Waals surface area contributed by atoms with Crippen LogP contribution < -0.4 is 10.5 Å². The quantitative estimate of drug-likeness (QED) is 0.926. The van der Waals surface area contributed by atoms with E-state index in [0.29, 0.717) is 17.2 Å². The van der Waals surface area contributed by atoms with Crippen molar-refractivity contribution in [3.63, 3.8) is 0 Å². The van der Waals surface area contributed by atoms with Crippen LogP contribution in [0.25, 0.3) is 0 Å². The number of benzene rings is 1. The van der Waals surface area contributed by atoms with Crippen LogP contribution in [-0.4, -0.2) is 30.0 Å². The number of hydrogen-bond acceptors (Lipinski definition) is 3. The summed E-state index contributed by atoms with van der Waals surface area (Å²) in [7, 11) is 1.58. The molecule has 2 rings (SSSR count). The van der Waals surface area contributed by atoms with E-state index in [9.17, 15) is 4.79 Å². The molecule has 1 aromatic carbocycles. The van der Waals surface area contributed by atoms with Gasteiger partial charge >= 0.3 is 0 Å². The largest absolute Gasteiger partial charge is 0.495 e. The van der Waals surface area contributed by atoms with E-state index < -0.39 is 0 Å². The molecule has 1 aliphatic rings. The van der Waals surface area contributed by atoms with E-state index in [4.69, 9.17) is 22.1 Å². The Balaban J connectivity index is 2.38. The predicted molar refractivity (Wildman–Crippen MR) is 75.3 cm³/mol. The number of hydrogen-bond donors (Lipinski definition) is 1. The van der Waals surface area contributed by atoms with Crippen molar-refractivity contribution in [1.82, 2.24) is 4.90 Å². The first-order chi connectivity index (χ1) is 8.95. The Kier molecular flexibility index (Phi) is 4.02. The molecule has 0 radical (unpaired) electrons. The number of nitrogens with two attached hydrogens (primary N) is 1. The summed E-state index contributed by atoms with van der Waals surface area (Å²) in [6.45, 7) is 3.99. The zero-order valence-electron chi connectivity index (χ0n) is 11.4. The molecular weight excluding hydrogens is 264 g/mol. The van der Waals surface area contributed by atoms with Gasteiger partial charge in [-0.15, -0.1) is 0 Å². The number of amides is 1. The van der Waals surface area contributed by atoms with Crippen LogP contribution in [0.3, 0.4) is 0 Å². The van der Waals surface area contributed by atoms with Crippen LogP contribution in [0.2, 0.25) is 5.02 Å². The molecule has 104 valence electrons. The summed E-state index contributed by atoms with van der Waals surface area (Å²) in [4.78, 5) is 13.8. The minimum Gasteiger partial charge on any atom is -0.495 e. The van der Waals surface area contributed by atoms with Crippen molar-refractivity contribution >= 4 is 17.5 Å². The third-order valence-corrected chi connectivity index (χ3v) is 3.77. The molecule has 5 heteroatoms. The van der Waals surface area contributed by atoms with Gasteiger partial charge in [-0.05, 0) is 31.5 Å². The van der Waals surface area contributed by atoms with Crippen LogP contribution in [0.15, 0.2) is 18.2 Å². The molecule has 2 N–H and O–H groups in total. The predicted octanol–water partition coefficient (Wildman–Crippen LogP) is 2.36. The lowest BCUT2D eigenvalue weighted by atomic mass is 10.00. The second kappa shape index (κ2) is 5.39. The Bertz CT molecular complexity index is 490. The van der Waals surface area contributed by atoms with Crippen molar-refractivity contribution < 1.29 is 9.53 Å². The fourth-order valence-electron chi connectivity index (χ4n) is 2.66. The molecule has 1 saturated heterocycles. The maximum absolute atomic E-state index is 12.0. The maximum Gasteiger partial charge on any atom is 0.225 e. The van der Waals surface area contributed by atoms with Gasteiger partial charge in [-0.3, -0.25) is 4.79 Å². The normalized spacial score (nSPS) is 23.3. The molecule has 0 bridgehead atoms. The molecule has 19 heavy (non-hydrogen) atoms. The molecule has 1 heterocycles. The first-order valence-electron chi connectivity index (χ1n) is 6.36. The molecule has 2 unspecified atom stereocenters. The van der Waals surface area contributed by atoms with Crippen LogP contribution in [0.5, 0.6) is 5.75 Å². The third-order valence-electron chi connectivity index (χ3n) is 3.48. The Morgan fingerprint density at radius 3 is 2.68 bits per heavy atom. The molecule has 1 fully saturated rings. The number of likely N-dealkylation sites (tertiary alicyclic amines) is 1. The molecule has 0 aromatic heterocycles. The number of halogens is 1.